The summed E-state index contributed by atoms with van der Waals surface area (Å²) >= 11 is 0. The molecule has 1 rings (SSSR count). The third kappa shape index (κ3) is 1.60. The number of quaternary nitrogens is 1. The molecule has 1 aliphatic rings. The van der Waals surface area contributed by atoms with Gasteiger partial charge in [-0.15, -0.1) is 0 Å². The predicted molar refractivity (Wildman–Crippen MR) is 44.5 cm³/mol. The molecule has 0 aromatic carbocycles. The second-order valence-electron chi connectivity index (χ2n) is 3.54. The molecule has 0 atom stereocenters. The maximum atomic E-state index is 3.98. The highest BCUT2D eigenvalue weighted by Gasteiger charge is 2.23. The van der Waals surface area contributed by atoms with Gasteiger partial charge in [0.05, 0.1) is 26.7 Å². The minimum Gasteiger partial charge on any atom is -0.326 e. The van der Waals surface area contributed by atoms with E-state index in [0.29, 0.717) is 0 Å². The summed E-state index contributed by atoms with van der Waals surface area (Å²) in [6.45, 7) is 11.4. The van der Waals surface area contributed by atoms with E-state index in [1.807, 2.05) is 0 Å². The van der Waals surface area contributed by atoms with Crippen molar-refractivity contribution in [2.24, 2.45) is 0 Å². The number of hydrogen-bond donors (Lipinski definition) is 0. The lowest BCUT2D eigenvalue weighted by Gasteiger charge is -2.37. The van der Waals surface area contributed by atoms with Crippen molar-refractivity contribution in [2.75, 3.05) is 26.7 Å². The minimum atomic E-state index is 1.02. The molecule has 0 unspecified atom stereocenters. The van der Waals surface area contributed by atoms with Crippen molar-refractivity contribution in [2.45, 2.75) is 12.8 Å². The molecule has 1 saturated heterocycles. The van der Waals surface area contributed by atoms with Gasteiger partial charge >= 0.3 is 0 Å². The topological polar surface area (TPSA) is 0 Å². The minimum absolute atomic E-state index is 1.02. The molecule has 0 bridgehead atoms. The van der Waals surface area contributed by atoms with Crippen LogP contribution in [0.5, 0.6) is 0 Å². The Morgan fingerprint density at radius 1 is 1.40 bits per heavy atom. The normalized spacial score (nSPS) is 24.8. The zero-order chi connectivity index (χ0) is 7.61. The number of hydrogen-bond acceptors (Lipinski definition) is 0. The SMILES string of the molecule is [CH2]C[N+]1(C)CCC(=C)CC1. The summed E-state index contributed by atoms with van der Waals surface area (Å²) in [7, 11) is 2.28. The first-order valence-corrected chi connectivity index (χ1v) is 3.96. The van der Waals surface area contributed by atoms with Gasteiger partial charge in [-0.05, 0) is 0 Å². The lowest BCUT2D eigenvalue weighted by Crippen LogP contribution is -2.47. The van der Waals surface area contributed by atoms with Crippen molar-refractivity contribution in [1.82, 2.24) is 0 Å². The molecular formula is C9H17N+. The Morgan fingerprint density at radius 2 is 1.90 bits per heavy atom. The summed E-state index contributed by atoms with van der Waals surface area (Å²) in [5.74, 6) is 0. The second kappa shape index (κ2) is 2.75. The molecule has 0 N–H and O–H groups in total. The van der Waals surface area contributed by atoms with Gasteiger partial charge in [0, 0.05) is 19.8 Å². The van der Waals surface area contributed by atoms with E-state index in [-0.39, 0.29) is 0 Å². The van der Waals surface area contributed by atoms with Crippen molar-refractivity contribution in [3.05, 3.63) is 19.1 Å². The van der Waals surface area contributed by atoms with Crippen molar-refractivity contribution >= 4 is 0 Å². The maximum Gasteiger partial charge on any atom is 0.0822 e. The van der Waals surface area contributed by atoms with Crippen LogP contribution in [0, 0.1) is 6.92 Å². The fourth-order valence-electron chi connectivity index (χ4n) is 1.32. The molecule has 1 aliphatic heterocycles. The van der Waals surface area contributed by atoms with Crippen LogP contribution < -0.4 is 0 Å². The Morgan fingerprint density at radius 3 is 2.30 bits per heavy atom. The number of rotatable bonds is 1. The van der Waals surface area contributed by atoms with Gasteiger partial charge in [0.1, 0.15) is 0 Å². The Kier molecular flexibility index (Phi) is 2.14. The number of piperidine rings is 1. The van der Waals surface area contributed by atoms with Gasteiger partial charge in [-0.25, -0.2) is 0 Å². The van der Waals surface area contributed by atoms with Crippen molar-refractivity contribution < 1.29 is 4.48 Å². The Labute approximate surface area is 63.9 Å². The van der Waals surface area contributed by atoms with E-state index in [1.54, 1.807) is 0 Å². The molecule has 1 fully saturated rings. The van der Waals surface area contributed by atoms with E-state index in [0.717, 1.165) is 11.0 Å². The van der Waals surface area contributed by atoms with Gasteiger partial charge in [-0.3, -0.25) is 0 Å². The van der Waals surface area contributed by atoms with Crippen LogP contribution in [0.3, 0.4) is 0 Å². The number of nitrogens with zero attached hydrogens (tertiary/aromatic N) is 1. The highest BCUT2D eigenvalue weighted by atomic mass is 15.3. The van der Waals surface area contributed by atoms with Crippen LogP contribution in [0.1, 0.15) is 12.8 Å². The van der Waals surface area contributed by atoms with Crippen molar-refractivity contribution in [3.8, 4) is 0 Å². The highest BCUT2D eigenvalue weighted by molar-refractivity contribution is 4.95. The summed E-state index contributed by atoms with van der Waals surface area (Å²) < 4.78 is 1.14. The van der Waals surface area contributed by atoms with Gasteiger partial charge in [-0.1, -0.05) is 12.2 Å². The highest BCUT2D eigenvalue weighted by Crippen LogP contribution is 2.18. The predicted octanol–water partition coefficient (Wildman–Crippen LogP) is 1.62. The standard InChI is InChI=1S/C9H17N/c1-4-10(3)7-5-9(2)6-8-10/h1-2,4-8H2,3H3/q+1. The molecule has 1 heterocycles. The first-order valence-electron chi connectivity index (χ1n) is 3.96. The van der Waals surface area contributed by atoms with Crippen LogP contribution in [0.2, 0.25) is 0 Å². The summed E-state index contributed by atoms with van der Waals surface area (Å²) in [5, 5.41) is 0. The second-order valence-corrected chi connectivity index (χ2v) is 3.54. The van der Waals surface area contributed by atoms with Crippen molar-refractivity contribution in [1.29, 1.82) is 0 Å². The summed E-state index contributed by atoms with van der Waals surface area (Å²) in [6.07, 6.45) is 2.40. The van der Waals surface area contributed by atoms with E-state index >= 15 is 0 Å². The third-order valence-electron chi connectivity index (χ3n) is 2.55. The van der Waals surface area contributed by atoms with E-state index in [2.05, 4.69) is 20.6 Å². The van der Waals surface area contributed by atoms with Gasteiger partial charge in [0.15, 0.2) is 0 Å². The van der Waals surface area contributed by atoms with Crippen LogP contribution in [0.25, 0.3) is 0 Å². The first-order chi connectivity index (χ1) is 4.66. The Bertz CT molecular complexity index is 128. The zero-order valence-electron chi connectivity index (χ0n) is 6.90. The summed E-state index contributed by atoms with van der Waals surface area (Å²) in [4.78, 5) is 0. The van der Waals surface area contributed by atoms with Crippen LogP contribution in [-0.4, -0.2) is 31.2 Å². The van der Waals surface area contributed by atoms with Gasteiger partial charge in [0.25, 0.3) is 0 Å². The van der Waals surface area contributed by atoms with E-state index in [9.17, 15) is 0 Å². The average Bonchev–Trinajstić information content (AvgIpc) is 1.96. The molecule has 0 amide bonds. The molecule has 0 aliphatic carbocycles. The molecule has 1 radical (unpaired) electrons. The summed E-state index contributed by atoms with van der Waals surface area (Å²) in [6, 6.07) is 0. The fraction of sp³-hybridized carbons (Fsp3) is 0.667. The van der Waals surface area contributed by atoms with Crippen molar-refractivity contribution in [3.63, 3.8) is 0 Å². The smallest absolute Gasteiger partial charge is 0.0822 e. The molecule has 57 valence electrons. The Balaban J connectivity index is 2.46. The lowest BCUT2D eigenvalue weighted by atomic mass is 10.0. The summed E-state index contributed by atoms with van der Waals surface area (Å²) in [5.41, 5.74) is 1.42. The molecule has 0 spiro atoms. The molecular weight excluding hydrogens is 122 g/mol. The quantitative estimate of drug-likeness (QED) is 0.382. The third-order valence-corrected chi connectivity index (χ3v) is 2.55. The average molecular weight is 139 g/mol. The van der Waals surface area contributed by atoms with Gasteiger partial charge in [0.2, 0.25) is 0 Å². The van der Waals surface area contributed by atoms with E-state index < -0.39 is 0 Å². The molecule has 0 saturated carbocycles. The molecule has 10 heavy (non-hydrogen) atoms. The van der Waals surface area contributed by atoms with E-state index in [4.69, 9.17) is 0 Å². The van der Waals surface area contributed by atoms with Gasteiger partial charge < -0.3 is 4.48 Å². The Hall–Kier alpha value is -0.300. The largest absolute Gasteiger partial charge is 0.326 e. The fourth-order valence-corrected chi connectivity index (χ4v) is 1.32. The van der Waals surface area contributed by atoms with Gasteiger partial charge in [-0.2, -0.15) is 0 Å². The maximum absolute atomic E-state index is 3.98. The van der Waals surface area contributed by atoms with Crippen LogP contribution in [0.4, 0.5) is 0 Å². The molecule has 1 nitrogen and oxygen atoms in total. The zero-order valence-corrected chi connectivity index (χ0v) is 6.90. The van der Waals surface area contributed by atoms with Crippen LogP contribution >= 0.6 is 0 Å². The van der Waals surface area contributed by atoms with Crippen LogP contribution in [0.15, 0.2) is 12.2 Å². The van der Waals surface area contributed by atoms with E-state index in [1.165, 1.54) is 31.5 Å². The first kappa shape index (κ1) is 7.80. The number of likely N-dealkylation sites (tertiary alicyclic amines) is 1. The lowest BCUT2D eigenvalue weighted by molar-refractivity contribution is -0.907. The molecule has 0 aromatic rings. The monoisotopic (exact) mass is 139 g/mol. The molecule has 0 aromatic heterocycles. The molecule has 1 heteroatoms. The van der Waals surface area contributed by atoms with Crippen LogP contribution in [-0.2, 0) is 0 Å².